The Morgan fingerprint density at radius 1 is 1.11 bits per heavy atom. The molecule has 0 spiro atoms. The van der Waals surface area contributed by atoms with Crippen molar-refractivity contribution in [1.29, 1.82) is 0 Å². The van der Waals surface area contributed by atoms with Gasteiger partial charge >= 0.3 is 5.69 Å². The summed E-state index contributed by atoms with van der Waals surface area (Å²) >= 11 is 0. The maximum Gasteiger partial charge on any atom is 0.328 e. The van der Waals surface area contributed by atoms with Gasteiger partial charge in [-0.1, -0.05) is 13.8 Å². The van der Waals surface area contributed by atoms with Gasteiger partial charge in [0.05, 0.1) is 16.7 Å². The molecule has 0 N–H and O–H groups in total. The maximum atomic E-state index is 12.1. The summed E-state index contributed by atoms with van der Waals surface area (Å²) in [5, 5.41) is 0. The summed E-state index contributed by atoms with van der Waals surface area (Å²) in [4.78, 5) is 14.1. The first-order valence-electron chi connectivity index (χ1n) is 6.21. The molecule has 1 aromatic heterocycles. The first kappa shape index (κ1) is 12.7. The van der Waals surface area contributed by atoms with Crippen LogP contribution in [0.3, 0.4) is 0 Å². The number of hydrogen-bond donors (Lipinski definition) is 0. The highest BCUT2D eigenvalue weighted by Gasteiger charge is 2.15. The van der Waals surface area contributed by atoms with E-state index in [2.05, 4.69) is 30.9 Å². The van der Waals surface area contributed by atoms with Crippen LogP contribution in [0, 0.1) is 0 Å². The van der Waals surface area contributed by atoms with Gasteiger partial charge < -0.3 is 4.90 Å². The Labute approximate surface area is 107 Å². The van der Waals surface area contributed by atoms with E-state index in [1.165, 1.54) is 5.56 Å². The topological polar surface area (TPSA) is 30.2 Å². The van der Waals surface area contributed by atoms with Gasteiger partial charge in [0.15, 0.2) is 0 Å². The van der Waals surface area contributed by atoms with Crippen LogP contribution in [0.5, 0.6) is 0 Å². The van der Waals surface area contributed by atoms with E-state index in [1.54, 1.807) is 9.13 Å². The molecule has 0 fully saturated rings. The van der Waals surface area contributed by atoms with E-state index in [4.69, 9.17) is 0 Å². The summed E-state index contributed by atoms with van der Waals surface area (Å²) < 4.78 is 3.43. The molecule has 2 aromatic rings. The van der Waals surface area contributed by atoms with Crippen LogP contribution in [0.2, 0.25) is 0 Å². The molecule has 0 amide bonds. The molecule has 1 heterocycles. The lowest BCUT2D eigenvalue weighted by Crippen LogP contribution is -2.19. The van der Waals surface area contributed by atoms with Crippen molar-refractivity contribution in [3.05, 3.63) is 28.2 Å². The first-order valence-corrected chi connectivity index (χ1v) is 6.21. The van der Waals surface area contributed by atoms with Gasteiger partial charge in [0.1, 0.15) is 0 Å². The Balaban J connectivity index is 2.95. The van der Waals surface area contributed by atoms with E-state index in [9.17, 15) is 4.79 Å². The summed E-state index contributed by atoms with van der Waals surface area (Å²) in [6, 6.07) is 4.29. The van der Waals surface area contributed by atoms with Crippen LogP contribution in [0.15, 0.2) is 16.9 Å². The van der Waals surface area contributed by atoms with Crippen LogP contribution in [0.25, 0.3) is 11.0 Å². The van der Waals surface area contributed by atoms with Crippen molar-refractivity contribution in [2.45, 2.75) is 19.8 Å². The molecule has 2 rings (SSSR count). The van der Waals surface area contributed by atoms with Gasteiger partial charge in [-0.05, 0) is 23.6 Å². The first-order chi connectivity index (χ1) is 8.34. The molecule has 4 heteroatoms. The zero-order valence-corrected chi connectivity index (χ0v) is 12.0. The quantitative estimate of drug-likeness (QED) is 0.813. The van der Waals surface area contributed by atoms with Gasteiger partial charge in [-0.25, -0.2) is 4.79 Å². The number of nitrogens with zero attached hydrogens (tertiary/aromatic N) is 3. The maximum absolute atomic E-state index is 12.1. The highest BCUT2D eigenvalue weighted by molar-refractivity contribution is 5.90. The fourth-order valence-electron chi connectivity index (χ4n) is 2.32. The summed E-state index contributed by atoms with van der Waals surface area (Å²) in [5.41, 5.74) is 4.37. The number of hydrogen-bond acceptors (Lipinski definition) is 2. The predicted molar refractivity (Wildman–Crippen MR) is 76.6 cm³/mol. The number of rotatable bonds is 2. The zero-order valence-electron chi connectivity index (χ0n) is 12.0. The molecule has 0 saturated heterocycles. The Kier molecular flexibility index (Phi) is 2.97. The molecular weight excluding hydrogens is 226 g/mol. The second-order valence-electron chi connectivity index (χ2n) is 5.36. The van der Waals surface area contributed by atoms with E-state index in [1.807, 2.05) is 28.2 Å². The molecular formula is C14H21N3O. The fourth-order valence-corrected chi connectivity index (χ4v) is 2.32. The Morgan fingerprint density at radius 3 is 2.22 bits per heavy atom. The third-order valence-corrected chi connectivity index (χ3v) is 3.51. The fraction of sp³-hybridized carbons (Fsp3) is 0.500. The molecule has 0 atom stereocenters. The third kappa shape index (κ3) is 1.72. The number of benzene rings is 1. The van der Waals surface area contributed by atoms with Gasteiger partial charge in [0, 0.05) is 28.2 Å². The highest BCUT2D eigenvalue weighted by atomic mass is 16.1. The van der Waals surface area contributed by atoms with Crippen LogP contribution in [0.4, 0.5) is 5.69 Å². The number of fused-ring (bicyclic) bond motifs is 1. The van der Waals surface area contributed by atoms with E-state index in [-0.39, 0.29) is 5.69 Å². The molecule has 1 aromatic carbocycles. The SMILES string of the molecule is CC(C)c1cc(N(C)C)c2c(c1)n(C)c(=O)n2C. The minimum Gasteiger partial charge on any atom is -0.376 e. The van der Waals surface area contributed by atoms with E-state index in [0.29, 0.717) is 5.92 Å². The average molecular weight is 247 g/mol. The number of aryl methyl sites for hydroxylation is 2. The third-order valence-electron chi connectivity index (χ3n) is 3.51. The minimum absolute atomic E-state index is 0.0222. The molecule has 4 nitrogen and oxygen atoms in total. The van der Waals surface area contributed by atoms with Crippen molar-refractivity contribution in [2.24, 2.45) is 14.1 Å². The van der Waals surface area contributed by atoms with E-state index in [0.717, 1.165) is 16.7 Å². The number of anilines is 1. The molecule has 0 bridgehead atoms. The van der Waals surface area contributed by atoms with Crippen molar-refractivity contribution >= 4 is 16.7 Å². The Morgan fingerprint density at radius 2 is 1.72 bits per heavy atom. The van der Waals surface area contributed by atoms with Crippen LogP contribution in [-0.2, 0) is 14.1 Å². The smallest absolute Gasteiger partial charge is 0.328 e. The number of imidazole rings is 1. The monoisotopic (exact) mass is 247 g/mol. The van der Waals surface area contributed by atoms with E-state index >= 15 is 0 Å². The molecule has 18 heavy (non-hydrogen) atoms. The molecule has 0 saturated carbocycles. The lowest BCUT2D eigenvalue weighted by Gasteiger charge is -2.17. The molecule has 0 aliphatic heterocycles. The largest absolute Gasteiger partial charge is 0.376 e. The summed E-state index contributed by atoms with van der Waals surface area (Å²) in [6.45, 7) is 4.34. The lowest BCUT2D eigenvalue weighted by molar-refractivity contribution is 0.794. The molecule has 0 unspecified atom stereocenters. The van der Waals surface area contributed by atoms with Crippen molar-refractivity contribution in [2.75, 3.05) is 19.0 Å². The molecule has 0 aliphatic rings. The molecule has 0 radical (unpaired) electrons. The summed E-state index contributed by atoms with van der Waals surface area (Å²) in [5.74, 6) is 0.448. The van der Waals surface area contributed by atoms with Crippen LogP contribution >= 0.6 is 0 Å². The van der Waals surface area contributed by atoms with Gasteiger partial charge in [-0.2, -0.15) is 0 Å². The Hall–Kier alpha value is -1.71. The van der Waals surface area contributed by atoms with Crippen LogP contribution in [-0.4, -0.2) is 23.2 Å². The minimum atomic E-state index is 0.0222. The van der Waals surface area contributed by atoms with Gasteiger partial charge in [0.25, 0.3) is 0 Å². The molecule has 0 aliphatic carbocycles. The summed E-state index contributed by atoms with van der Waals surface area (Å²) in [7, 11) is 7.67. The van der Waals surface area contributed by atoms with Crippen molar-refractivity contribution in [3.63, 3.8) is 0 Å². The van der Waals surface area contributed by atoms with E-state index < -0.39 is 0 Å². The predicted octanol–water partition coefficient (Wildman–Crippen LogP) is 2.07. The molecule has 98 valence electrons. The van der Waals surface area contributed by atoms with Crippen molar-refractivity contribution in [3.8, 4) is 0 Å². The lowest BCUT2D eigenvalue weighted by atomic mass is 10.0. The number of aromatic nitrogens is 2. The second kappa shape index (κ2) is 4.19. The average Bonchev–Trinajstić information content (AvgIpc) is 2.53. The standard InChI is InChI=1S/C14H21N3O/c1-9(2)10-7-11(15(3)4)13-12(8-10)16(5)14(18)17(13)6/h7-9H,1-6H3. The second-order valence-corrected chi connectivity index (χ2v) is 5.36. The van der Waals surface area contributed by atoms with Gasteiger partial charge in [-0.3, -0.25) is 9.13 Å². The van der Waals surface area contributed by atoms with Crippen molar-refractivity contribution in [1.82, 2.24) is 9.13 Å². The van der Waals surface area contributed by atoms with Crippen LogP contribution in [0.1, 0.15) is 25.3 Å². The van der Waals surface area contributed by atoms with Crippen molar-refractivity contribution < 1.29 is 0 Å². The van der Waals surface area contributed by atoms with Gasteiger partial charge in [0.2, 0.25) is 0 Å². The van der Waals surface area contributed by atoms with Gasteiger partial charge in [-0.15, -0.1) is 0 Å². The summed E-state index contributed by atoms with van der Waals surface area (Å²) in [6.07, 6.45) is 0. The zero-order chi connectivity index (χ0) is 13.6. The van der Waals surface area contributed by atoms with Crippen LogP contribution < -0.4 is 10.6 Å². The highest BCUT2D eigenvalue weighted by Crippen LogP contribution is 2.29. The Bertz CT molecular complexity index is 647. The normalized spacial score (nSPS) is 11.5.